The number of amidine groups is 1. The third-order valence-corrected chi connectivity index (χ3v) is 5.26. The van der Waals surface area contributed by atoms with E-state index in [-0.39, 0.29) is 16.3 Å². The molecule has 3 rings (SSSR count). The lowest BCUT2D eigenvalue weighted by Crippen LogP contribution is -2.13. The third-order valence-electron chi connectivity index (χ3n) is 4.13. The van der Waals surface area contributed by atoms with Crippen molar-refractivity contribution >= 4 is 21.6 Å². The van der Waals surface area contributed by atoms with Gasteiger partial charge in [-0.1, -0.05) is 0 Å². The Balaban J connectivity index is 1.95. The molecule has 1 aliphatic rings. The average molecular weight is 427 g/mol. The number of nitrogens with two attached hydrogens (primary N) is 1. The number of carbonyl (C=O) groups excluding carboxylic acids is 1. The van der Waals surface area contributed by atoms with Crippen LogP contribution in [0.15, 0.2) is 70.9 Å². The van der Waals surface area contributed by atoms with Crippen LogP contribution in [0, 0.1) is 0 Å². The maximum atomic E-state index is 12.6. The van der Waals surface area contributed by atoms with Crippen molar-refractivity contribution in [1.29, 1.82) is 0 Å². The molecule has 0 aromatic heterocycles. The third kappa shape index (κ3) is 5.06. The van der Waals surface area contributed by atoms with Crippen LogP contribution in [0.25, 0.3) is 0 Å². The van der Waals surface area contributed by atoms with Crippen molar-refractivity contribution in [2.24, 2.45) is 10.7 Å². The summed E-state index contributed by atoms with van der Waals surface area (Å²) in [4.78, 5) is 16.6. The summed E-state index contributed by atoms with van der Waals surface area (Å²) in [6.45, 7) is 0. The van der Waals surface area contributed by atoms with Crippen LogP contribution in [-0.4, -0.2) is 33.5 Å². The quantitative estimate of drug-likeness (QED) is 0.537. The number of nitrogens with zero attached hydrogens (tertiary/aromatic N) is 1. The van der Waals surface area contributed by atoms with Gasteiger partial charge in [0.15, 0.2) is 21.3 Å². The lowest BCUT2D eigenvalue weighted by atomic mass is 10.0. The summed E-state index contributed by atoms with van der Waals surface area (Å²) in [5, 5.41) is 2.77. The second kappa shape index (κ2) is 8.83. The van der Waals surface area contributed by atoms with Gasteiger partial charge in [-0.25, -0.2) is 8.42 Å². The molecule has 2 aromatic rings. The lowest BCUT2D eigenvalue weighted by molar-refractivity contribution is 0.100. The number of sulfone groups is 1. The normalized spacial score (nSPS) is 13.6. The number of carbonyl (C=O) groups is 1. The molecule has 1 amide bonds. The van der Waals surface area contributed by atoms with E-state index >= 15 is 0 Å². The fourth-order valence-corrected chi connectivity index (χ4v) is 3.34. The van der Waals surface area contributed by atoms with Crippen molar-refractivity contribution in [2.45, 2.75) is 11.3 Å². The molecular formula is C21H21N3O5S. The van der Waals surface area contributed by atoms with Crippen molar-refractivity contribution in [3.05, 3.63) is 72.1 Å². The average Bonchev–Trinajstić information content (AvgIpc) is 2.72. The number of hydrogen-bond acceptors (Lipinski definition) is 6. The highest BCUT2D eigenvalue weighted by atomic mass is 32.2. The Morgan fingerprint density at radius 1 is 1.27 bits per heavy atom. The number of aliphatic imine (C=N–C) groups is 1. The topological polar surface area (TPSA) is 120 Å². The van der Waals surface area contributed by atoms with E-state index < -0.39 is 15.7 Å². The lowest BCUT2D eigenvalue weighted by Gasteiger charge is -2.17. The van der Waals surface area contributed by atoms with E-state index in [1.165, 1.54) is 36.4 Å². The standard InChI is InChI=1S/C21H21N3O5S/c1-23-10-9-19(22)24-21(25)15-12-14-4-3-11-28-20(14)18(13-15)29-16-5-7-17(8-6-16)30(2,26)27/h3,5-13,23H,4H2,1-2H3,(H2,22,24,25)/b10-9-. The van der Waals surface area contributed by atoms with Crippen molar-refractivity contribution in [1.82, 2.24) is 5.32 Å². The SMILES string of the molecule is CN/C=C\C(N)=NC(=O)c1cc2c(c(Oc3ccc(S(C)(=O)=O)cc3)c1)OC=CC2. The van der Waals surface area contributed by atoms with Crippen LogP contribution in [0.3, 0.4) is 0 Å². The molecule has 0 radical (unpaired) electrons. The molecule has 1 aliphatic heterocycles. The molecule has 0 fully saturated rings. The van der Waals surface area contributed by atoms with Crippen molar-refractivity contribution in [2.75, 3.05) is 13.3 Å². The Morgan fingerprint density at radius 3 is 2.67 bits per heavy atom. The first-order valence-corrected chi connectivity index (χ1v) is 10.9. The summed E-state index contributed by atoms with van der Waals surface area (Å²) in [5.41, 5.74) is 6.78. The fraction of sp³-hybridized carbons (Fsp3) is 0.143. The monoisotopic (exact) mass is 427 g/mol. The maximum absolute atomic E-state index is 12.6. The van der Waals surface area contributed by atoms with Crippen LogP contribution in [0.5, 0.6) is 17.2 Å². The number of benzene rings is 2. The van der Waals surface area contributed by atoms with Gasteiger partial charge in [-0.3, -0.25) is 4.79 Å². The number of fused-ring (bicyclic) bond motifs is 1. The highest BCUT2D eigenvalue weighted by molar-refractivity contribution is 7.90. The van der Waals surface area contributed by atoms with Crippen LogP contribution in [0.2, 0.25) is 0 Å². The van der Waals surface area contributed by atoms with E-state index in [4.69, 9.17) is 15.2 Å². The Labute approximate surface area is 174 Å². The second-order valence-electron chi connectivity index (χ2n) is 6.47. The number of hydrogen-bond donors (Lipinski definition) is 2. The molecule has 0 spiro atoms. The van der Waals surface area contributed by atoms with Crippen molar-refractivity contribution < 1.29 is 22.7 Å². The molecule has 0 bridgehead atoms. The van der Waals surface area contributed by atoms with Crippen LogP contribution in [0.4, 0.5) is 0 Å². The highest BCUT2D eigenvalue weighted by Gasteiger charge is 2.19. The molecule has 0 saturated heterocycles. The van der Waals surface area contributed by atoms with Gasteiger partial charge in [-0.2, -0.15) is 4.99 Å². The molecule has 0 atom stereocenters. The molecule has 30 heavy (non-hydrogen) atoms. The predicted octanol–water partition coefficient (Wildman–Crippen LogP) is 2.56. The summed E-state index contributed by atoms with van der Waals surface area (Å²) in [7, 11) is -1.61. The van der Waals surface area contributed by atoms with Gasteiger partial charge in [0.05, 0.1) is 11.2 Å². The molecule has 1 heterocycles. The van der Waals surface area contributed by atoms with Crippen LogP contribution < -0.4 is 20.5 Å². The van der Waals surface area contributed by atoms with Crippen LogP contribution in [-0.2, 0) is 16.3 Å². The molecule has 0 unspecified atom stereocenters. The zero-order valence-electron chi connectivity index (χ0n) is 16.5. The largest absolute Gasteiger partial charge is 0.461 e. The Kier molecular flexibility index (Phi) is 6.22. The Hall–Kier alpha value is -3.59. The summed E-state index contributed by atoms with van der Waals surface area (Å²) in [5.74, 6) is 0.720. The van der Waals surface area contributed by atoms with E-state index in [2.05, 4.69) is 10.3 Å². The molecule has 0 aliphatic carbocycles. The van der Waals surface area contributed by atoms with Gasteiger partial charge in [0.25, 0.3) is 5.91 Å². The number of allylic oxidation sites excluding steroid dienone is 1. The van der Waals surface area contributed by atoms with Crippen LogP contribution in [0.1, 0.15) is 15.9 Å². The predicted molar refractivity (Wildman–Crippen MR) is 114 cm³/mol. The Morgan fingerprint density at radius 2 is 2.00 bits per heavy atom. The summed E-state index contributed by atoms with van der Waals surface area (Å²) in [6.07, 6.45) is 8.08. The zero-order valence-corrected chi connectivity index (χ0v) is 17.3. The molecule has 3 N–H and O–H groups in total. The van der Waals surface area contributed by atoms with E-state index in [9.17, 15) is 13.2 Å². The Bertz CT molecular complexity index is 1150. The maximum Gasteiger partial charge on any atom is 0.279 e. The van der Waals surface area contributed by atoms with E-state index in [0.29, 0.717) is 23.7 Å². The summed E-state index contributed by atoms with van der Waals surface area (Å²) >= 11 is 0. The van der Waals surface area contributed by atoms with Gasteiger partial charge in [-0.15, -0.1) is 0 Å². The molecular weight excluding hydrogens is 406 g/mol. The van der Waals surface area contributed by atoms with E-state index in [1.54, 1.807) is 25.6 Å². The number of nitrogens with one attached hydrogen (secondary N) is 1. The number of ether oxygens (including phenoxy) is 2. The molecule has 8 nitrogen and oxygen atoms in total. The van der Waals surface area contributed by atoms with Gasteiger partial charge in [0.1, 0.15) is 11.6 Å². The zero-order chi connectivity index (χ0) is 21.7. The summed E-state index contributed by atoms with van der Waals surface area (Å²) < 4.78 is 34.7. The van der Waals surface area contributed by atoms with Crippen molar-refractivity contribution in [3.8, 4) is 17.2 Å². The van der Waals surface area contributed by atoms with Gasteiger partial charge >= 0.3 is 0 Å². The molecule has 156 valence electrons. The first-order valence-electron chi connectivity index (χ1n) is 8.97. The molecule has 9 heteroatoms. The molecule has 2 aromatic carbocycles. The van der Waals surface area contributed by atoms with Gasteiger partial charge in [0.2, 0.25) is 0 Å². The van der Waals surface area contributed by atoms with E-state index in [1.807, 2.05) is 6.08 Å². The highest BCUT2D eigenvalue weighted by Crippen LogP contribution is 2.38. The number of amides is 1. The second-order valence-corrected chi connectivity index (χ2v) is 8.48. The minimum Gasteiger partial charge on any atom is -0.461 e. The van der Waals surface area contributed by atoms with Gasteiger partial charge < -0.3 is 20.5 Å². The minimum atomic E-state index is -3.31. The minimum absolute atomic E-state index is 0.0575. The molecule has 0 saturated carbocycles. The van der Waals surface area contributed by atoms with Gasteiger partial charge in [0, 0.05) is 24.4 Å². The first kappa shape index (κ1) is 21.1. The first-order chi connectivity index (χ1) is 14.3. The van der Waals surface area contributed by atoms with Crippen molar-refractivity contribution in [3.63, 3.8) is 0 Å². The smallest absolute Gasteiger partial charge is 0.279 e. The van der Waals surface area contributed by atoms with Gasteiger partial charge in [-0.05, 0) is 61.2 Å². The van der Waals surface area contributed by atoms with E-state index in [0.717, 1.165) is 11.8 Å². The number of rotatable bonds is 6. The van der Waals surface area contributed by atoms with Crippen LogP contribution >= 0.6 is 0 Å². The fourth-order valence-electron chi connectivity index (χ4n) is 2.71. The summed E-state index contributed by atoms with van der Waals surface area (Å²) in [6, 6.07) is 9.17.